The van der Waals surface area contributed by atoms with Gasteiger partial charge in [-0.25, -0.2) is 0 Å². The smallest absolute Gasteiger partial charge is 0.269 e. The molecule has 2 aromatic carbocycles. The number of non-ortho nitro benzene ring substituents is 1. The van der Waals surface area contributed by atoms with E-state index in [1.54, 1.807) is 12.1 Å². The lowest BCUT2D eigenvalue weighted by atomic mass is 10.2. The van der Waals surface area contributed by atoms with Crippen LogP contribution < -0.4 is 5.32 Å². The summed E-state index contributed by atoms with van der Waals surface area (Å²) < 4.78 is 0. The second-order valence-corrected chi connectivity index (χ2v) is 7.44. The van der Waals surface area contributed by atoms with Crippen LogP contribution in [0.4, 0.5) is 5.69 Å². The van der Waals surface area contributed by atoms with Gasteiger partial charge in [-0.1, -0.05) is 30.3 Å². The van der Waals surface area contributed by atoms with Gasteiger partial charge in [-0.05, 0) is 31.7 Å². The third-order valence-corrected chi connectivity index (χ3v) is 4.93. The second-order valence-electron chi connectivity index (χ2n) is 6.03. The minimum atomic E-state index is -0.434. The Balaban J connectivity index is 1.72. The lowest BCUT2D eigenvalue weighted by Gasteiger charge is -2.18. The Labute approximate surface area is 157 Å². The number of thioether (sulfide) groups is 1. The molecule has 138 valence electrons. The Hall–Kier alpha value is -2.38. The van der Waals surface area contributed by atoms with Crippen LogP contribution in [0.1, 0.15) is 12.5 Å². The van der Waals surface area contributed by atoms with Gasteiger partial charge in [0.05, 0.1) is 10.2 Å². The second kappa shape index (κ2) is 9.94. The predicted molar refractivity (Wildman–Crippen MR) is 104 cm³/mol. The van der Waals surface area contributed by atoms with Crippen molar-refractivity contribution in [2.75, 3.05) is 20.1 Å². The molecule has 0 saturated carbocycles. The first kappa shape index (κ1) is 19.9. The van der Waals surface area contributed by atoms with Gasteiger partial charge in [0.25, 0.3) is 5.69 Å². The summed E-state index contributed by atoms with van der Waals surface area (Å²) >= 11 is 1.39. The average Bonchev–Trinajstić information content (AvgIpc) is 2.62. The van der Waals surface area contributed by atoms with Crippen molar-refractivity contribution in [1.82, 2.24) is 10.2 Å². The number of benzene rings is 2. The third kappa shape index (κ3) is 6.50. The van der Waals surface area contributed by atoms with Crippen LogP contribution in [0.25, 0.3) is 0 Å². The molecule has 0 aliphatic heterocycles. The summed E-state index contributed by atoms with van der Waals surface area (Å²) in [6.07, 6.45) is 0. The van der Waals surface area contributed by atoms with Gasteiger partial charge in [-0.15, -0.1) is 11.8 Å². The highest BCUT2D eigenvalue weighted by Gasteiger charge is 2.15. The van der Waals surface area contributed by atoms with E-state index in [1.807, 2.05) is 32.2 Å². The first-order valence-electron chi connectivity index (χ1n) is 8.37. The zero-order valence-corrected chi connectivity index (χ0v) is 15.7. The summed E-state index contributed by atoms with van der Waals surface area (Å²) in [6.45, 7) is 4.00. The molecular formula is C19H23N3O3S. The number of hydrogen-bond acceptors (Lipinski definition) is 5. The molecule has 26 heavy (non-hydrogen) atoms. The quantitative estimate of drug-likeness (QED) is 0.415. The third-order valence-electron chi connectivity index (χ3n) is 3.82. The Morgan fingerprint density at radius 3 is 2.46 bits per heavy atom. The molecule has 1 unspecified atom stereocenters. The van der Waals surface area contributed by atoms with Crippen molar-refractivity contribution in [2.45, 2.75) is 23.6 Å². The van der Waals surface area contributed by atoms with E-state index in [9.17, 15) is 14.9 Å². The van der Waals surface area contributed by atoms with Crippen LogP contribution in [0.15, 0.2) is 59.5 Å². The van der Waals surface area contributed by atoms with Crippen molar-refractivity contribution < 1.29 is 9.72 Å². The monoisotopic (exact) mass is 373 g/mol. The lowest BCUT2D eigenvalue weighted by Crippen LogP contribution is -2.36. The highest BCUT2D eigenvalue weighted by molar-refractivity contribution is 8.00. The number of carbonyl (C=O) groups is 1. The number of carbonyl (C=O) groups excluding carboxylic acids is 1. The van der Waals surface area contributed by atoms with Crippen LogP contribution in [0.5, 0.6) is 0 Å². The van der Waals surface area contributed by atoms with E-state index in [1.165, 1.54) is 29.5 Å². The number of nitrogens with one attached hydrogen (secondary N) is 1. The first-order chi connectivity index (χ1) is 12.5. The molecule has 0 aliphatic carbocycles. The van der Waals surface area contributed by atoms with Crippen LogP contribution in [0, 0.1) is 10.1 Å². The average molecular weight is 373 g/mol. The van der Waals surface area contributed by atoms with Crippen LogP contribution in [0.3, 0.4) is 0 Å². The number of rotatable bonds is 9. The lowest BCUT2D eigenvalue weighted by molar-refractivity contribution is -0.384. The molecule has 6 nitrogen and oxygen atoms in total. The fourth-order valence-electron chi connectivity index (χ4n) is 2.39. The predicted octanol–water partition coefficient (Wildman–Crippen LogP) is 3.32. The van der Waals surface area contributed by atoms with E-state index >= 15 is 0 Å². The van der Waals surface area contributed by atoms with Crippen molar-refractivity contribution in [2.24, 2.45) is 0 Å². The number of amides is 1. The van der Waals surface area contributed by atoms with Gasteiger partial charge in [0.15, 0.2) is 0 Å². The highest BCUT2D eigenvalue weighted by atomic mass is 32.2. The minimum Gasteiger partial charge on any atom is -0.354 e. The molecule has 0 bridgehead atoms. The van der Waals surface area contributed by atoms with E-state index in [-0.39, 0.29) is 16.8 Å². The summed E-state index contributed by atoms with van der Waals surface area (Å²) in [5.74, 6) is -0.0403. The van der Waals surface area contributed by atoms with Crippen LogP contribution in [0.2, 0.25) is 0 Å². The zero-order valence-electron chi connectivity index (χ0n) is 14.9. The SMILES string of the molecule is CC(Sc1ccc([N+](=O)[O-])cc1)C(=O)NCCN(C)Cc1ccccc1. The molecule has 0 spiro atoms. The first-order valence-corrected chi connectivity index (χ1v) is 9.25. The molecule has 0 heterocycles. The molecular weight excluding hydrogens is 350 g/mol. The van der Waals surface area contributed by atoms with Gasteiger partial charge in [0, 0.05) is 36.7 Å². The fourth-order valence-corrected chi connectivity index (χ4v) is 3.28. The molecule has 1 atom stereocenters. The molecule has 1 amide bonds. The number of nitrogens with zero attached hydrogens (tertiary/aromatic N) is 2. The van der Waals surface area contributed by atoms with Gasteiger partial charge >= 0.3 is 0 Å². The molecule has 2 rings (SSSR count). The minimum absolute atomic E-state index is 0.0403. The maximum Gasteiger partial charge on any atom is 0.269 e. The maximum absolute atomic E-state index is 12.2. The maximum atomic E-state index is 12.2. The Kier molecular flexibility index (Phi) is 7.62. The number of nitro benzene ring substituents is 1. The zero-order chi connectivity index (χ0) is 18.9. The van der Waals surface area contributed by atoms with Gasteiger partial charge in [0.1, 0.15) is 0 Å². The fraction of sp³-hybridized carbons (Fsp3) is 0.316. The highest BCUT2D eigenvalue weighted by Crippen LogP contribution is 2.25. The Bertz CT molecular complexity index is 723. The number of hydrogen-bond donors (Lipinski definition) is 1. The Morgan fingerprint density at radius 2 is 1.85 bits per heavy atom. The van der Waals surface area contributed by atoms with Gasteiger partial charge in [0.2, 0.25) is 5.91 Å². The summed E-state index contributed by atoms with van der Waals surface area (Å²) in [5.41, 5.74) is 1.29. The number of likely N-dealkylation sites (N-methyl/N-ethyl adjacent to an activating group) is 1. The Morgan fingerprint density at radius 1 is 1.19 bits per heavy atom. The molecule has 7 heteroatoms. The van der Waals surface area contributed by atoms with Crippen molar-refractivity contribution in [1.29, 1.82) is 0 Å². The van der Waals surface area contributed by atoms with Crippen LogP contribution in [-0.4, -0.2) is 41.1 Å². The van der Waals surface area contributed by atoms with Crippen molar-refractivity contribution >= 4 is 23.4 Å². The summed E-state index contributed by atoms with van der Waals surface area (Å²) in [5, 5.41) is 13.3. The van der Waals surface area contributed by atoms with E-state index in [0.29, 0.717) is 6.54 Å². The largest absolute Gasteiger partial charge is 0.354 e. The molecule has 2 aromatic rings. The van der Waals surface area contributed by atoms with Gasteiger partial charge < -0.3 is 10.2 Å². The van der Waals surface area contributed by atoms with E-state index in [4.69, 9.17) is 0 Å². The summed E-state index contributed by atoms with van der Waals surface area (Å²) in [4.78, 5) is 25.4. The van der Waals surface area contributed by atoms with Crippen LogP contribution in [-0.2, 0) is 11.3 Å². The van der Waals surface area contributed by atoms with Gasteiger partial charge in [-0.2, -0.15) is 0 Å². The van der Waals surface area contributed by atoms with Crippen molar-refractivity contribution in [3.63, 3.8) is 0 Å². The van der Waals surface area contributed by atoms with E-state index in [0.717, 1.165) is 18.0 Å². The molecule has 0 radical (unpaired) electrons. The molecule has 0 fully saturated rings. The normalized spacial score (nSPS) is 12.0. The molecule has 0 saturated heterocycles. The van der Waals surface area contributed by atoms with Crippen molar-refractivity contribution in [3.8, 4) is 0 Å². The van der Waals surface area contributed by atoms with Gasteiger partial charge in [-0.3, -0.25) is 14.9 Å². The molecule has 0 aromatic heterocycles. The van der Waals surface area contributed by atoms with E-state index < -0.39 is 4.92 Å². The van der Waals surface area contributed by atoms with Crippen molar-refractivity contribution in [3.05, 3.63) is 70.3 Å². The topological polar surface area (TPSA) is 75.5 Å². The molecule has 1 N–H and O–H groups in total. The standard InChI is InChI=1S/C19H23N3O3S/c1-15(26-18-10-8-17(9-11-18)22(24)25)19(23)20-12-13-21(2)14-16-6-4-3-5-7-16/h3-11,15H,12-14H2,1-2H3,(H,20,23). The number of nitro groups is 1. The van der Waals surface area contributed by atoms with E-state index in [2.05, 4.69) is 22.3 Å². The molecule has 0 aliphatic rings. The summed E-state index contributed by atoms with van der Waals surface area (Å²) in [6, 6.07) is 16.4. The summed E-state index contributed by atoms with van der Waals surface area (Å²) in [7, 11) is 2.02. The van der Waals surface area contributed by atoms with Crippen LogP contribution >= 0.6 is 11.8 Å².